The average molecular weight is 370 g/mol. The minimum atomic E-state index is 0.348. The van der Waals surface area contributed by atoms with E-state index >= 15 is 0 Å². The lowest BCUT2D eigenvalue weighted by atomic mass is 10.3. The van der Waals surface area contributed by atoms with Crippen molar-refractivity contribution in [1.29, 1.82) is 0 Å². The number of halogens is 1. The Labute approximate surface area is 120 Å². The number of hydrogen-bond donors (Lipinski definition) is 0. The summed E-state index contributed by atoms with van der Waals surface area (Å²) >= 11 is 3.65. The second-order valence-electron chi connectivity index (χ2n) is 3.51. The predicted molar refractivity (Wildman–Crippen MR) is 77.7 cm³/mol. The van der Waals surface area contributed by atoms with Crippen molar-refractivity contribution in [3.8, 4) is 11.6 Å². The Morgan fingerprint density at radius 2 is 2.22 bits per heavy atom. The van der Waals surface area contributed by atoms with Crippen molar-refractivity contribution in [3.05, 3.63) is 45.1 Å². The molecular formula is C12H7IN2O2S. The lowest BCUT2D eigenvalue weighted by Crippen LogP contribution is -1.93. The van der Waals surface area contributed by atoms with E-state index < -0.39 is 0 Å². The maximum absolute atomic E-state index is 11.1. The van der Waals surface area contributed by atoms with Crippen LogP contribution in [0.15, 0.2) is 35.8 Å². The van der Waals surface area contributed by atoms with Crippen molar-refractivity contribution in [1.82, 2.24) is 9.38 Å². The van der Waals surface area contributed by atoms with Gasteiger partial charge in [0.1, 0.15) is 5.75 Å². The fourth-order valence-corrected chi connectivity index (χ4v) is 2.81. The van der Waals surface area contributed by atoms with Crippen LogP contribution in [0, 0.1) is 3.57 Å². The predicted octanol–water partition coefficient (Wildman–Crippen LogP) is 3.61. The summed E-state index contributed by atoms with van der Waals surface area (Å²) in [4.78, 5) is 16.2. The molecule has 0 radical (unpaired) electrons. The molecule has 1 aromatic carbocycles. The highest BCUT2D eigenvalue weighted by Crippen LogP contribution is 2.29. The number of aromatic nitrogens is 2. The van der Waals surface area contributed by atoms with Crippen molar-refractivity contribution >= 4 is 45.2 Å². The lowest BCUT2D eigenvalue weighted by molar-refractivity contribution is 0.111. The molecule has 3 rings (SSSR count). The van der Waals surface area contributed by atoms with Gasteiger partial charge in [-0.3, -0.25) is 9.20 Å². The van der Waals surface area contributed by atoms with Gasteiger partial charge in [-0.15, -0.1) is 11.3 Å². The van der Waals surface area contributed by atoms with E-state index in [-0.39, 0.29) is 0 Å². The standard InChI is InChI=1S/C12H7IN2O2S/c13-8-3-1-2-4-10(8)17-11-9(7-16)15-5-6-18-12(15)14-11/h1-7H. The first-order valence-electron chi connectivity index (χ1n) is 5.12. The van der Waals surface area contributed by atoms with Crippen LogP contribution in [0.5, 0.6) is 11.6 Å². The van der Waals surface area contributed by atoms with Crippen molar-refractivity contribution < 1.29 is 9.53 Å². The van der Waals surface area contributed by atoms with Gasteiger partial charge in [-0.05, 0) is 34.7 Å². The van der Waals surface area contributed by atoms with E-state index in [2.05, 4.69) is 27.6 Å². The van der Waals surface area contributed by atoms with Gasteiger partial charge in [-0.2, -0.15) is 4.98 Å². The van der Waals surface area contributed by atoms with E-state index in [1.54, 1.807) is 10.6 Å². The Morgan fingerprint density at radius 3 is 3.00 bits per heavy atom. The van der Waals surface area contributed by atoms with Crippen LogP contribution < -0.4 is 4.74 Å². The van der Waals surface area contributed by atoms with Crippen LogP contribution in [0.2, 0.25) is 0 Å². The third-order valence-electron chi connectivity index (χ3n) is 2.42. The van der Waals surface area contributed by atoms with Gasteiger partial charge in [0.25, 0.3) is 0 Å². The molecule has 0 fully saturated rings. The summed E-state index contributed by atoms with van der Waals surface area (Å²) in [6, 6.07) is 7.61. The fourth-order valence-electron chi connectivity index (χ4n) is 1.60. The summed E-state index contributed by atoms with van der Waals surface area (Å²) < 4.78 is 8.41. The molecule has 0 N–H and O–H groups in total. The maximum Gasteiger partial charge on any atom is 0.250 e. The van der Waals surface area contributed by atoms with E-state index in [1.165, 1.54) is 11.3 Å². The van der Waals surface area contributed by atoms with Crippen molar-refractivity contribution in [2.24, 2.45) is 0 Å². The minimum Gasteiger partial charge on any atom is -0.436 e. The van der Waals surface area contributed by atoms with Crippen LogP contribution in [-0.2, 0) is 0 Å². The largest absolute Gasteiger partial charge is 0.436 e. The van der Waals surface area contributed by atoms with Gasteiger partial charge in [0, 0.05) is 11.6 Å². The number of aldehydes is 1. The third-order valence-corrected chi connectivity index (χ3v) is 4.07. The third kappa shape index (κ3) is 1.91. The molecule has 0 unspecified atom stereocenters. The highest BCUT2D eigenvalue weighted by atomic mass is 127. The van der Waals surface area contributed by atoms with E-state index in [4.69, 9.17) is 4.74 Å². The Balaban J connectivity index is 2.07. The second-order valence-corrected chi connectivity index (χ2v) is 5.54. The molecule has 0 aliphatic rings. The first kappa shape index (κ1) is 11.7. The number of carbonyl (C=O) groups is 1. The number of para-hydroxylation sites is 1. The Bertz CT molecular complexity index is 720. The molecule has 0 bridgehead atoms. The van der Waals surface area contributed by atoms with E-state index in [0.29, 0.717) is 17.3 Å². The molecule has 0 aliphatic heterocycles. The van der Waals surface area contributed by atoms with Crippen molar-refractivity contribution in [2.45, 2.75) is 0 Å². The van der Waals surface area contributed by atoms with E-state index in [1.807, 2.05) is 29.6 Å². The van der Waals surface area contributed by atoms with Gasteiger partial charge < -0.3 is 4.74 Å². The second kappa shape index (κ2) is 4.69. The molecule has 90 valence electrons. The van der Waals surface area contributed by atoms with Gasteiger partial charge in [0.15, 0.2) is 16.9 Å². The first-order chi connectivity index (χ1) is 8.79. The summed E-state index contributed by atoms with van der Waals surface area (Å²) in [6.07, 6.45) is 2.57. The topological polar surface area (TPSA) is 43.6 Å². The molecule has 2 heterocycles. The molecule has 0 atom stereocenters. The summed E-state index contributed by atoms with van der Waals surface area (Å²) in [7, 11) is 0. The summed E-state index contributed by atoms with van der Waals surface area (Å²) in [6.45, 7) is 0. The van der Waals surface area contributed by atoms with Gasteiger partial charge in [-0.25, -0.2) is 0 Å². The molecule has 0 saturated heterocycles. The smallest absolute Gasteiger partial charge is 0.250 e. The number of ether oxygens (including phenoxy) is 1. The van der Waals surface area contributed by atoms with Gasteiger partial charge in [-0.1, -0.05) is 12.1 Å². The van der Waals surface area contributed by atoms with Gasteiger partial charge >= 0.3 is 0 Å². The zero-order valence-corrected chi connectivity index (χ0v) is 12.0. The molecule has 0 spiro atoms. The molecule has 0 amide bonds. The Morgan fingerprint density at radius 1 is 1.39 bits per heavy atom. The molecule has 6 heteroatoms. The van der Waals surface area contributed by atoms with Crippen LogP contribution in [0.1, 0.15) is 10.5 Å². The zero-order chi connectivity index (χ0) is 12.5. The highest BCUT2D eigenvalue weighted by molar-refractivity contribution is 14.1. The number of hydrogen-bond acceptors (Lipinski definition) is 4. The molecule has 18 heavy (non-hydrogen) atoms. The highest BCUT2D eigenvalue weighted by Gasteiger charge is 2.15. The normalized spacial score (nSPS) is 10.7. The maximum atomic E-state index is 11.1. The SMILES string of the molecule is O=Cc1c(Oc2ccccc2I)nc2sccn12. The molecular weight excluding hydrogens is 363 g/mol. The number of rotatable bonds is 3. The number of imidazole rings is 1. The summed E-state index contributed by atoms with van der Waals surface area (Å²) in [5.74, 6) is 1.05. The monoisotopic (exact) mass is 370 g/mol. The minimum absolute atomic E-state index is 0.348. The average Bonchev–Trinajstić information content (AvgIpc) is 2.92. The van der Waals surface area contributed by atoms with E-state index in [9.17, 15) is 4.79 Å². The van der Waals surface area contributed by atoms with Gasteiger partial charge in [0.2, 0.25) is 5.88 Å². The van der Waals surface area contributed by atoms with Crippen LogP contribution >= 0.6 is 33.9 Å². The van der Waals surface area contributed by atoms with Crippen molar-refractivity contribution in [3.63, 3.8) is 0 Å². The lowest BCUT2D eigenvalue weighted by Gasteiger charge is -2.04. The summed E-state index contributed by atoms with van der Waals surface area (Å²) in [5, 5.41) is 1.88. The zero-order valence-electron chi connectivity index (χ0n) is 9.04. The van der Waals surface area contributed by atoms with Crippen LogP contribution in [-0.4, -0.2) is 15.7 Å². The fraction of sp³-hybridized carbons (Fsp3) is 0. The molecule has 2 aromatic heterocycles. The van der Waals surface area contributed by atoms with Gasteiger partial charge in [0.05, 0.1) is 3.57 Å². The molecule has 4 nitrogen and oxygen atoms in total. The van der Waals surface area contributed by atoms with Crippen LogP contribution in [0.4, 0.5) is 0 Å². The van der Waals surface area contributed by atoms with Crippen LogP contribution in [0.3, 0.4) is 0 Å². The van der Waals surface area contributed by atoms with E-state index in [0.717, 1.165) is 14.8 Å². The first-order valence-corrected chi connectivity index (χ1v) is 7.08. The van der Waals surface area contributed by atoms with Crippen LogP contribution in [0.25, 0.3) is 4.96 Å². The molecule has 3 aromatic rings. The molecule has 0 aliphatic carbocycles. The number of benzene rings is 1. The number of nitrogens with zero attached hydrogens (tertiary/aromatic N) is 2. The quantitative estimate of drug-likeness (QED) is 0.523. The number of fused-ring (bicyclic) bond motifs is 1. The molecule has 0 saturated carbocycles. The summed E-state index contributed by atoms with van der Waals surface area (Å²) in [5.41, 5.74) is 0.436. The number of thiazole rings is 1. The van der Waals surface area contributed by atoms with Crippen molar-refractivity contribution in [2.75, 3.05) is 0 Å². The Kier molecular flexibility index (Phi) is 3.04. The number of carbonyl (C=O) groups excluding carboxylic acids is 1. The Hall–Kier alpha value is -1.41.